The molecular weight excluding hydrogens is 493 g/mol. The molecule has 206 valence electrons. The molecule has 0 saturated carbocycles. The normalized spacial score (nSPS) is 18.6. The molecule has 15 heteroatoms. The van der Waals surface area contributed by atoms with Crippen molar-refractivity contribution in [2.75, 3.05) is 26.2 Å². The zero-order valence-corrected chi connectivity index (χ0v) is 19.9. The minimum Gasteiger partial charge on any atom is -0.480 e. The summed E-state index contributed by atoms with van der Waals surface area (Å²) in [4.78, 5) is 49.3. The zero-order valence-electron chi connectivity index (χ0n) is 19.9. The number of rotatable bonds is 11. The molecule has 1 saturated heterocycles. The number of nitrogens with zero attached hydrogens (tertiary/aromatic N) is 1. The Balaban J connectivity index is 0.000000809. The van der Waals surface area contributed by atoms with E-state index in [0.717, 1.165) is 44.5 Å². The molecule has 36 heavy (non-hydrogen) atoms. The van der Waals surface area contributed by atoms with Crippen LogP contribution in [0.2, 0.25) is 0 Å². The lowest BCUT2D eigenvalue weighted by Crippen LogP contribution is -2.48. The van der Waals surface area contributed by atoms with E-state index in [2.05, 4.69) is 21.1 Å². The second-order valence-electron chi connectivity index (χ2n) is 8.32. The first-order valence-electron chi connectivity index (χ1n) is 11.6. The van der Waals surface area contributed by atoms with Gasteiger partial charge in [0.05, 0.1) is 18.7 Å². The van der Waals surface area contributed by atoms with Crippen LogP contribution in [0.4, 0.5) is 18.0 Å². The minimum absolute atomic E-state index is 0.0898. The monoisotopic (exact) mass is 526 g/mol. The van der Waals surface area contributed by atoms with Crippen molar-refractivity contribution in [1.82, 2.24) is 16.0 Å². The number of hydrogen-bond donors (Lipinski definition) is 5. The lowest BCUT2D eigenvalue weighted by atomic mass is 9.91. The van der Waals surface area contributed by atoms with Gasteiger partial charge in [-0.1, -0.05) is 18.5 Å². The number of carboxylic acids is 2. The van der Waals surface area contributed by atoms with Gasteiger partial charge in [0.15, 0.2) is 0 Å². The van der Waals surface area contributed by atoms with E-state index in [0.29, 0.717) is 18.8 Å². The third-order valence-corrected chi connectivity index (χ3v) is 5.26. The molecular formula is C21H33F3N4O8. The van der Waals surface area contributed by atoms with Gasteiger partial charge in [0, 0.05) is 13.0 Å². The van der Waals surface area contributed by atoms with E-state index >= 15 is 0 Å². The fourth-order valence-electron chi connectivity index (χ4n) is 3.32. The Morgan fingerprint density at radius 2 is 1.86 bits per heavy atom. The van der Waals surface area contributed by atoms with E-state index in [-0.39, 0.29) is 31.6 Å². The Bertz CT molecular complexity index is 773. The molecule has 0 aromatic heterocycles. The third-order valence-electron chi connectivity index (χ3n) is 5.26. The van der Waals surface area contributed by atoms with E-state index < -0.39 is 30.2 Å². The van der Waals surface area contributed by atoms with E-state index in [4.69, 9.17) is 19.5 Å². The summed E-state index contributed by atoms with van der Waals surface area (Å²) in [5.74, 6) is -3.75. The van der Waals surface area contributed by atoms with Crippen LogP contribution in [0.25, 0.3) is 0 Å². The first-order chi connectivity index (χ1) is 16.9. The van der Waals surface area contributed by atoms with Crippen LogP contribution in [-0.4, -0.2) is 84.4 Å². The molecule has 5 N–H and O–H groups in total. The van der Waals surface area contributed by atoms with Crippen LogP contribution >= 0.6 is 0 Å². The van der Waals surface area contributed by atoms with Crippen molar-refractivity contribution in [2.45, 2.75) is 70.2 Å². The van der Waals surface area contributed by atoms with Gasteiger partial charge in [0.25, 0.3) is 0 Å². The quantitative estimate of drug-likeness (QED) is 0.251. The number of carboxylic acid groups (broad SMARTS) is 2. The van der Waals surface area contributed by atoms with Crippen LogP contribution in [0.1, 0.15) is 51.9 Å². The van der Waals surface area contributed by atoms with Crippen molar-refractivity contribution in [3.05, 3.63) is 0 Å². The van der Waals surface area contributed by atoms with Gasteiger partial charge >= 0.3 is 24.2 Å². The van der Waals surface area contributed by atoms with Crippen LogP contribution in [0.15, 0.2) is 5.16 Å². The minimum atomic E-state index is -5.08. The van der Waals surface area contributed by atoms with Crippen molar-refractivity contribution >= 4 is 29.7 Å². The maximum atomic E-state index is 12.1. The summed E-state index contributed by atoms with van der Waals surface area (Å²) >= 11 is 0. The van der Waals surface area contributed by atoms with Gasteiger partial charge < -0.3 is 35.7 Å². The van der Waals surface area contributed by atoms with E-state index in [9.17, 15) is 32.7 Å². The summed E-state index contributed by atoms with van der Waals surface area (Å²) in [7, 11) is 0. The van der Waals surface area contributed by atoms with Crippen molar-refractivity contribution in [3.8, 4) is 0 Å². The first-order valence-corrected chi connectivity index (χ1v) is 11.6. The number of carbonyl (C=O) groups is 4. The Morgan fingerprint density at radius 1 is 1.22 bits per heavy atom. The zero-order chi connectivity index (χ0) is 27.1. The number of piperidine rings is 1. The smallest absolute Gasteiger partial charge is 0.480 e. The van der Waals surface area contributed by atoms with Crippen molar-refractivity contribution in [2.24, 2.45) is 11.1 Å². The van der Waals surface area contributed by atoms with Gasteiger partial charge in [0.2, 0.25) is 5.91 Å². The summed E-state index contributed by atoms with van der Waals surface area (Å²) < 4.78 is 36.6. The number of amides is 2. The number of alkyl carbamates (subject to hydrolysis) is 1. The fraction of sp³-hybridized carbons (Fsp3) is 0.762. The summed E-state index contributed by atoms with van der Waals surface area (Å²) in [6, 6.07) is -1.26. The molecule has 0 aromatic rings. The molecule has 0 radical (unpaired) electrons. The van der Waals surface area contributed by atoms with Crippen molar-refractivity contribution in [1.29, 1.82) is 0 Å². The number of alkyl halides is 3. The number of hydrogen-bond acceptors (Lipinski definition) is 8. The Hall–Kier alpha value is -3.10. The van der Waals surface area contributed by atoms with Gasteiger partial charge in [-0.25, -0.2) is 14.4 Å². The summed E-state index contributed by atoms with van der Waals surface area (Å²) in [5, 5.41) is 28.6. The summed E-state index contributed by atoms with van der Waals surface area (Å²) in [6.45, 7) is 3.99. The predicted octanol–water partition coefficient (Wildman–Crippen LogP) is 1.64. The van der Waals surface area contributed by atoms with Gasteiger partial charge in [-0.3, -0.25) is 4.79 Å². The van der Waals surface area contributed by atoms with Crippen molar-refractivity contribution < 1.29 is 52.1 Å². The molecule has 0 aliphatic carbocycles. The standard InChI is InChI=1S/C19H32N4O6.C2HF3O2/c1-2-3-8-28-19(27)22-16(18(25)26)12-21-17(24)11-15-10-14(23-29-15)9-13-4-6-20-7-5-13;3-2(4,5)1(6)7/h13,15-16,20H,2-12H2,1H3,(H,21,24)(H,22,27)(H,25,26);(H,6,7)/t15?,16-;/m0./s1. The molecule has 2 amide bonds. The van der Waals surface area contributed by atoms with E-state index in [1.54, 1.807) is 0 Å². The van der Waals surface area contributed by atoms with Gasteiger partial charge in [-0.15, -0.1) is 0 Å². The SMILES string of the molecule is CCCCOC(=O)N[C@@H](CNC(=O)CC1CC(CC2CCNCC2)=NO1)C(=O)O.O=C(O)C(F)(F)F. The number of carbonyl (C=O) groups excluding carboxylic acids is 2. The number of nitrogens with one attached hydrogen (secondary N) is 3. The molecule has 1 fully saturated rings. The second kappa shape index (κ2) is 15.8. The van der Waals surface area contributed by atoms with E-state index in [1.807, 2.05) is 6.92 Å². The van der Waals surface area contributed by atoms with Crippen LogP contribution < -0.4 is 16.0 Å². The lowest BCUT2D eigenvalue weighted by Gasteiger charge is -2.21. The van der Waals surface area contributed by atoms with Gasteiger partial charge in [0.1, 0.15) is 12.1 Å². The Labute approximate surface area is 205 Å². The first kappa shape index (κ1) is 30.9. The van der Waals surface area contributed by atoms with Crippen LogP contribution in [0, 0.1) is 5.92 Å². The molecule has 2 atom stereocenters. The molecule has 12 nitrogen and oxygen atoms in total. The average Bonchev–Trinajstić information content (AvgIpc) is 3.23. The number of halogens is 3. The third kappa shape index (κ3) is 13.1. The number of ether oxygens (including phenoxy) is 1. The largest absolute Gasteiger partial charge is 0.490 e. The number of aliphatic carboxylic acids is 2. The van der Waals surface area contributed by atoms with Crippen LogP contribution in [0.5, 0.6) is 0 Å². The number of unbranched alkanes of at least 4 members (excludes halogenated alkanes) is 1. The predicted molar refractivity (Wildman–Crippen MR) is 119 cm³/mol. The molecule has 2 aliphatic rings. The molecule has 0 spiro atoms. The summed E-state index contributed by atoms with van der Waals surface area (Å²) in [6.07, 6.45) is -0.830. The Morgan fingerprint density at radius 3 is 2.42 bits per heavy atom. The van der Waals surface area contributed by atoms with Crippen LogP contribution in [-0.2, 0) is 24.0 Å². The molecule has 2 rings (SSSR count). The Kier molecular flexibility index (Phi) is 13.6. The number of oxime groups is 1. The highest BCUT2D eigenvalue weighted by Crippen LogP contribution is 2.23. The molecule has 2 aliphatic heterocycles. The maximum absolute atomic E-state index is 12.1. The second-order valence-corrected chi connectivity index (χ2v) is 8.32. The molecule has 0 aromatic carbocycles. The highest BCUT2D eigenvalue weighted by Gasteiger charge is 2.38. The van der Waals surface area contributed by atoms with Gasteiger partial charge in [-0.2, -0.15) is 13.2 Å². The lowest BCUT2D eigenvalue weighted by molar-refractivity contribution is -0.192. The molecule has 0 bridgehead atoms. The van der Waals surface area contributed by atoms with Crippen molar-refractivity contribution in [3.63, 3.8) is 0 Å². The topological polar surface area (TPSA) is 176 Å². The highest BCUT2D eigenvalue weighted by atomic mass is 19.4. The molecule has 1 unspecified atom stereocenters. The van der Waals surface area contributed by atoms with Crippen LogP contribution in [0.3, 0.4) is 0 Å². The van der Waals surface area contributed by atoms with E-state index in [1.165, 1.54) is 0 Å². The summed E-state index contributed by atoms with van der Waals surface area (Å²) in [5.41, 5.74) is 0.981. The maximum Gasteiger partial charge on any atom is 0.490 e. The van der Waals surface area contributed by atoms with Gasteiger partial charge in [-0.05, 0) is 44.7 Å². The average molecular weight is 527 g/mol. The highest BCUT2D eigenvalue weighted by molar-refractivity contribution is 5.87. The molecule has 2 heterocycles. The fourth-order valence-corrected chi connectivity index (χ4v) is 3.32.